The molecular formula is C23H23FN4O3. The highest BCUT2D eigenvalue weighted by molar-refractivity contribution is 5.95. The minimum Gasteiger partial charge on any atom is -0.494 e. The van der Waals surface area contributed by atoms with Crippen LogP contribution in [-0.2, 0) is 0 Å². The number of aromatic nitrogens is 2. The van der Waals surface area contributed by atoms with Crippen LogP contribution in [-0.4, -0.2) is 53.9 Å². The molecule has 1 aliphatic rings. The number of halogens is 1. The minimum absolute atomic E-state index is 0.0713. The molecule has 0 radical (unpaired) electrons. The van der Waals surface area contributed by atoms with E-state index in [1.165, 1.54) is 23.9 Å². The molecule has 0 spiro atoms. The predicted molar refractivity (Wildman–Crippen MR) is 116 cm³/mol. The van der Waals surface area contributed by atoms with Gasteiger partial charge in [0, 0.05) is 26.2 Å². The van der Waals surface area contributed by atoms with E-state index in [4.69, 9.17) is 4.74 Å². The maximum atomic E-state index is 14.1. The van der Waals surface area contributed by atoms with E-state index in [9.17, 15) is 14.0 Å². The SMILES string of the molecule is COc1cc(=O)n(-c2ccc(C)cc2)nc1C(=O)N1CCN(c2ccccc2F)CC1. The van der Waals surface area contributed by atoms with Gasteiger partial charge in [0.25, 0.3) is 11.5 Å². The summed E-state index contributed by atoms with van der Waals surface area (Å²) in [5, 5.41) is 4.32. The molecule has 0 saturated carbocycles. The zero-order chi connectivity index (χ0) is 22.0. The third-order valence-electron chi connectivity index (χ3n) is 5.36. The molecule has 1 aromatic heterocycles. The van der Waals surface area contributed by atoms with Crippen LogP contribution in [0.25, 0.3) is 5.69 Å². The minimum atomic E-state index is -0.387. The van der Waals surface area contributed by atoms with Crippen LogP contribution in [0.15, 0.2) is 59.4 Å². The molecule has 1 amide bonds. The number of hydrogen-bond acceptors (Lipinski definition) is 5. The van der Waals surface area contributed by atoms with Gasteiger partial charge in [0.15, 0.2) is 11.4 Å². The number of piperazine rings is 1. The van der Waals surface area contributed by atoms with Crippen LogP contribution >= 0.6 is 0 Å². The number of carbonyl (C=O) groups excluding carboxylic acids is 1. The Morgan fingerprint density at radius 1 is 1.03 bits per heavy atom. The summed E-state index contributed by atoms with van der Waals surface area (Å²) in [6.07, 6.45) is 0. The second-order valence-electron chi connectivity index (χ2n) is 7.38. The Morgan fingerprint density at radius 2 is 1.71 bits per heavy atom. The van der Waals surface area contributed by atoms with Gasteiger partial charge in [-0.2, -0.15) is 9.78 Å². The highest BCUT2D eigenvalue weighted by Crippen LogP contribution is 2.22. The average Bonchev–Trinajstić information content (AvgIpc) is 2.79. The molecule has 0 N–H and O–H groups in total. The molecule has 1 fully saturated rings. The van der Waals surface area contributed by atoms with E-state index in [0.29, 0.717) is 37.6 Å². The Bertz CT molecular complexity index is 1150. The fourth-order valence-electron chi connectivity index (χ4n) is 3.62. The van der Waals surface area contributed by atoms with Crippen molar-refractivity contribution in [2.24, 2.45) is 0 Å². The summed E-state index contributed by atoms with van der Waals surface area (Å²) in [5.41, 5.74) is 1.83. The summed E-state index contributed by atoms with van der Waals surface area (Å²) in [6, 6.07) is 15.2. The van der Waals surface area contributed by atoms with E-state index in [1.807, 2.05) is 24.0 Å². The monoisotopic (exact) mass is 422 g/mol. The van der Waals surface area contributed by atoms with Gasteiger partial charge >= 0.3 is 0 Å². The molecule has 4 rings (SSSR count). The molecule has 0 aliphatic carbocycles. The van der Waals surface area contributed by atoms with Crippen molar-refractivity contribution in [1.29, 1.82) is 0 Å². The second kappa shape index (κ2) is 8.59. The first-order chi connectivity index (χ1) is 15.0. The number of carbonyl (C=O) groups is 1. The van der Waals surface area contributed by atoms with Gasteiger partial charge in [-0.25, -0.2) is 4.39 Å². The molecule has 1 aliphatic heterocycles. The van der Waals surface area contributed by atoms with Crippen LogP contribution in [0.3, 0.4) is 0 Å². The number of benzene rings is 2. The molecule has 1 saturated heterocycles. The lowest BCUT2D eigenvalue weighted by molar-refractivity contribution is 0.0734. The van der Waals surface area contributed by atoms with E-state index < -0.39 is 0 Å². The smallest absolute Gasteiger partial charge is 0.278 e. The summed E-state index contributed by atoms with van der Waals surface area (Å²) < 4.78 is 20.6. The van der Waals surface area contributed by atoms with Crippen LogP contribution in [0.1, 0.15) is 16.1 Å². The topological polar surface area (TPSA) is 67.7 Å². The van der Waals surface area contributed by atoms with E-state index in [-0.39, 0.29) is 28.7 Å². The van der Waals surface area contributed by atoms with Gasteiger partial charge in [-0.05, 0) is 31.2 Å². The van der Waals surface area contributed by atoms with Crippen molar-refractivity contribution in [2.45, 2.75) is 6.92 Å². The van der Waals surface area contributed by atoms with Crippen molar-refractivity contribution in [2.75, 3.05) is 38.2 Å². The van der Waals surface area contributed by atoms with Crippen LogP contribution in [0.2, 0.25) is 0 Å². The Kier molecular flexibility index (Phi) is 5.70. The summed E-state index contributed by atoms with van der Waals surface area (Å²) >= 11 is 0. The van der Waals surface area contributed by atoms with Crippen LogP contribution in [0, 0.1) is 12.7 Å². The summed E-state index contributed by atoms with van der Waals surface area (Å²) in [4.78, 5) is 29.3. The van der Waals surface area contributed by atoms with Crippen molar-refractivity contribution in [3.8, 4) is 11.4 Å². The maximum Gasteiger partial charge on any atom is 0.278 e. The summed E-state index contributed by atoms with van der Waals surface area (Å²) in [6.45, 7) is 3.74. The first-order valence-corrected chi connectivity index (χ1v) is 10.0. The van der Waals surface area contributed by atoms with Gasteiger partial charge < -0.3 is 14.5 Å². The van der Waals surface area contributed by atoms with E-state index >= 15 is 0 Å². The van der Waals surface area contributed by atoms with Gasteiger partial charge in [-0.15, -0.1) is 0 Å². The van der Waals surface area contributed by atoms with E-state index in [2.05, 4.69) is 5.10 Å². The molecule has 2 aromatic carbocycles. The lowest BCUT2D eigenvalue weighted by Gasteiger charge is -2.36. The number of methoxy groups -OCH3 is 1. The highest BCUT2D eigenvalue weighted by atomic mass is 19.1. The molecule has 0 unspecified atom stereocenters. The maximum absolute atomic E-state index is 14.1. The quantitative estimate of drug-likeness (QED) is 0.647. The van der Waals surface area contributed by atoms with E-state index in [0.717, 1.165) is 5.56 Å². The molecular weight excluding hydrogens is 399 g/mol. The first kappa shape index (κ1) is 20.6. The fraction of sp³-hybridized carbons (Fsp3) is 0.261. The number of hydrogen-bond donors (Lipinski definition) is 0. The molecule has 0 bridgehead atoms. The van der Waals surface area contributed by atoms with Crippen molar-refractivity contribution < 1.29 is 13.9 Å². The highest BCUT2D eigenvalue weighted by Gasteiger charge is 2.27. The fourth-order valence-corrected chi connectivity index (χ4v) is 3.62. The molecule has 160 valence electrons. The molecule has 8 heteroatoms. The Labute approximate surface area is 179 Å². The first-order valence-electron chi connectivity index (χ1n) is 10.0. The van der Waals surface area contributed by atoms with Gasteiger partial charge in [0.05, 0.1) is 24.6 Å². The number of ether oxygens (including phenoxy) is 1. The average molecular weight is 422 g/mol. The number of nitrogens with zero attached hydrogens (tertiary/aromatic N) is 4. The lowest BCUT2D eigenvalue weighted by atomic mass is 10.2. The number of aryl methyl sites for hydroxylation is 1. The molecule has 3 aromatic rings. The van der Waals surface area contributed by atoms with Crippen LogP contribution in [0.5, 0.6) is 5.75 Å². The number of rotatable bonds is 4. The summed E-state index contributed by atoms with van der Waals surface area (Å²) in [5.74, 6) is -0.475. The Morgan fingerprint density at radius 3 is 2.35 bits per heavy atom. The Balaban J connectivity index is 1.58. The Hall–Kier alpha value is -3.68. The second-order valence-corrected chi connectivity index (χ2v) is 7.38. The molecule has 0 atom stereocenters. The summed E-state index contributed by atoms with van der Waals surface area (Å²) in [7, 11) is 1.40. The van der Waals surface area contributed by atoms with Crippen LogP contribution < -0.4 is 15.2 Å². The third kappa shape index (κ3) is 4.14. The van der Waals surface area contributed by atoms with E-state index in [1.54, 1.807) is 35.2 Å². The lowest BCUT2D eigenvalue weighted by Crippen LogP contribution is -2.49. The van der Waals surface area contributed by atoms with Gasteiger partial charge in [0.1, 0.15) is 5.82 Å². The van der Waals surface area contributed by atoms with Crippen molar-refractivity contribution in [3.63, 3.8) is 0 Å². The zero-order valence-electron chi connectivity index (χ0n) is 17.4. The number of amides is 1. The largest absolute Gasteiger partial charge is 0.494 e. The van der Waals surface area contributed by atoms with Crippen molar-refractivity contribution in [1.82, 2.24) is 14.7 Å². The standard InChI is InChI=1S/C23H23FN4O3/c1-16-7-9-17(10-8-16)28-21(29)15-20(31-2)22(25-28)23(30)27-13-11-26(12-14-27)19-6-4-3-5-18(19)24/h3-10,15H,11-14H2,1-2H3. The molecule has 2 heterocycles. The normalized spacial score (nSPS) is 13.9. The van der Waals surface area contributed by atoms with Gasteiger partial charge in [0.2, 0.25) is 0 Å². The van der Waals surface area contributed by atoms with Crippen LogP contribution in [0.4, 0.5) is 10.1 Å². The molecule has 7 nitrogen and oxygen atoms in total. The number of anilines is 1. The van der Waals surface area contributed by atoms with Gasteiger partial charge in [-0.3, -0.25) is 9.59 Å². The van der Waals surface area contributed by atoms with Gasteiger partial charge in [-0.1, -0.05) is 29.8 Å². The number of para-hydroxylation sites is 1. The predicted octanol–water partition coefficient (Wildman–Crippen LogP) is 2.65. The zero-order valence-corrected chi connectivity index (χ0v) is 17.4. The molecule has 31 heavy (non-hydrogen) atoms. The van der Waals surface area contributed by atoms with Crippen molar-refractivity contribution in [3.05, 3.63) is 82.0 Å². The van der Waals surface area contributed by atoms with Crippen molar-refractivity contribution >= 4 is 11.6 Å². The third-order valence-corrected chi connectivity index (χ3v) is 5.36.